The van der Waals surface area contributed by atoms with Crippen molar-refractivity contribution in [2.45, 2.75) is 19.5 Å². The van der Waals surface area contributed by atoms with Crippen molar-refractivity contribution in [2.24, 2.45) is 0 Å². The Morgan fingerprint density at radius 3 is 1.67 bits per heavy atom. The summed E-state index contributed by atoms with van der Waals surface area (Å²) < 4.78 is 0. The number of rotatable bonds is 8. The second kappa shape index (κ2) is 14.4. The van der Waals surface area contributed by atoms with Crippen molar-refractivity contribution in [1.29, 1.82) is 0 Å². The molecule has 266 valence electrons. The summed E-state index contributed by atoms with van der Waals surface area (Å²) in [7, 11) is 0. The van der Waals surface area contributed by atoms with Crippen LogP contribution in [0.25, 0.3) is 67.0 Å². The number of nitrogen functional groups attached to an aromatic ring is 2. The number of nitrogens with one attached hydrogen (secondary N) is 1. The van der Waals surface area contributed by atoms with Gasteiger partial charge in [0, 0.05) is 39.3 Å². The van der Waals surface area contributed by atoms with Gasteiger partial charge in [-0.15, -0.1) is 0 Å². The number of aromatic nitrogens is 1. The fourth-order valence-electron chi connectivity index (χ4n) is 7.86. The van der Waals surface area contributed by atoms with Crippen LogP contribution >= 0.6 is 0 Å². The topological polar surface area (TPSA) is 80.2 Å². The molecule has 1 aliphatic rings. The fourth-order valence-corrected chi connectivity index (χ4v) is 7.86. The molecule has 0 radical (unpaired) electrons. The van der Waals surface area contributed by atoms with Crippen LogP contribution in [0.2, 0.25) is 0 Å². The van der Waals surface area contributed by atoms with E-state index in [9.17, 15) is 0 Å². The zero-order chi connectivity index (χ0) is 37.3. The maximum Gasteiger partial charge on any atom is 0.104 e. The third kappa shape index (κ3) is 6.36. The molecule has 9 rings (SSSR count). The molecule has 0 bridgehead atoms. The van der Waals surface area contributed by atoms with E-state index in [0.717, 1.165) is 90.5 Å². The normalized spacial score (nSPS) is 13.3. The van der Waals surface area contributed by atoms with Crippen LogP contribution < -0.4 is 21.7 Å². The van der Waals surface area contributed by atoms with Crippen LogP contribution in [0.4, 0.5) is 28.4 Å². The smallest absolute Gasteiger partial charge is 0.104 e. The van der Waals surface area contributed by atoms with Gasteiger partial charge in [0.25, 0.3) is 0 Å². The summed E-state index contributed by atoms with van der Waals surface area (Å²) in [4.78, 5) is 7.48. The lowest BCUT2D eigenvalue weighted by molar-refractivity contribution is 0.728. The van der Waals surface area contributed by atoms with Gasteiger partial charge in [-0.1, -0.05) is 140 Å². The quantitative estimate of drug-likeness (QED) is 0.137. The number of fused-ring (bicyclic) bond motifs is 1. The first-order valence-electron chi connectivity index (χ1n) is 18.8. The van der Waals surface area contributed by atoms with E-state index < -0.39 is 0 Å². The van der Waals surface area contributed by atoms with Gasteiger partial charge < -0.3 is 21.7 Å². The van der Waals surface area contributed by atoms with Crippen LogP contribution in [0, 0.1) is 0 Å². The first kappa shape index (κ1) is 33.7. The average molecular weight is 712 g/mol. The summed E-state index contributed by atoms with van der Waals surface area (Å²) >= 11 is 0. The minimum Gasteiger partial charge on any atom is -0.398 e. The molecule has 7 aromatic carbocycles. The molecule has 55 heavy (non-hydrogen) atoms. The largest absolute Gasteiger partial charge is 0.398 e. The first-order chi connectivity index (χ1) is 27.1. The number of hydrogen-bond donors (Lipinski definition) is 3. The summed E-state index contributed by atoms with van der Waals surface area (Å²) in [6.45, 7) is 2.20. The predicted molar refractivity (Wildman–Crippen MR) is 232 cm³/mol. The number of para-hydroxylation sites is 2. The van der Waals surface area contributed by atoms with Crippen LogP contribution in [0.15, 0.2) is 182 Å². The molecule has 8 aromatic rings. The number of hydrogen-bond acceptors (Lipinski definition) is 5. The second-order valence-corrected chi connectivity index (χ2v) is 14.0. The first-order valence-corrected chi connectivity index (χ1v) is 18.8. The molecule has 5 heteroatoms. The number of benzene rings is 7. The molecule has 2 heterocycles. The van der Waals surface area contributed by atoms with E-state index >= 15 is 0 Å². The van der Waals surface area contributed by atoms with Crippen molar-refractivity contribution in [3.63, 3.8) is 0 Å². The molecule has 0 saturated heterocycles. The molecule has 1 atom stereocenters. The van der Waals surface area contributed by atoms with E-state index in [1.165, 1.54) is 0 Å². The highest BCUT2D eigenvalue weighted by molar-refractivity contribution is 5.97. The van der Waals surface area contributed by atoms with Gasteiger partial charge in [0.1, 0.15) is 6.17 Å². The molecule has 0 amide bonds. The molecule has 5 N–H and O–H groups in total. The average Bonchev–Trinajstić information content (AvgIpc) is 3.63. The van der Waals surface area contributed by atoms with Gasteiger partial charge in [-0.2, -0.15) is 0 Å². The number of anilines is 5. The molecule has 1 unspecified atom stereocenters. The van der Waals surface area contributed by atoms with Gasteiger partial charge in [-0.25, -0.2) is 4.98 Å². The van der Waals surface area contributed by atoms with Crippen molar-refractivity contribution < 1.29 is 0 Å². The summed E-state index contributed by atoms with van der Waals surface area (Å²) in [5, 5.41) is 3.65. The number of pyridine rings is 1. The highest BCUT2D eigenvalue weighted by atomic mass is 15.3. The van der Waals surface area contributed by atoms with Crippen LogP contribution in [0.3, 0.4) is 0 Å². The Morgan fingerprint density at radius 1 is 0.473 bits per heavy atom. The molecule has 0 saturated carbocycles. The highest BCUT2D eigenvalue weighted by Gasteiger charge is 2.28. The zero-order valence-corrected chi connectivity index (χ0v) is 30.7. The van der Waals surface area contributed by atoms with E-state index in [1.807, 2.05) is 18.2 Å². The summed E-state index contributed by atoms with van der Waals surface area (Å²) in [6.07, 6.45) is 1.11. The lowest BCUT2D eigenvalue weighted by Gasteiger charge is -2.27. The van der Waals surface area contributed by atoms with Crippen molar-refractivity contribution >= 4 is 28.4 Å². The molecular formula is C50H41N5. The van der Waals surface area contributed by atoms with Crippen molar-refractivity contribution in [2.75, 3.05) is 21.7 Å². The van der Waals surface area contributed by atoms with Crippen molar-refractivity contribution in [3.8, 4) is 67.0 Å². The van der Waals surface area contributed by atoms with E-state index in [-0.39, 0.29) is 6.17 Å². The van der Waals surface area contributed by atoms with Crippen LogP contribution in [0.5, 0.6) is 0 Å². The maximum atomic E-state index is 6.88. The third-order valence-corrected chi connectivity index (χ3v) is 10.6. The standard InChI is InChI=1S/C50H41N5/c1-2-50-54-46-23-13-14-24-49(46)55(50)37-26-27-39(45(52)32-37)35-25-28-44(51)43(29-35)42-22-12-11-21-41(42)40-20-10-9-19-38(40)36-30-47(33-15-5-3-6-16-33)53-48(31-36)34-17-7-4-8-18-34/h3-32,50,54H,2,51-52H2,1H3. The Balaban J connectivity index is 1.13. The van der Waals surface area contributed by atoms with E-state index in [0.29, 0.717) is 11.4 Å². The van der Waals surface area contributed by atoms with Gasteiger partial charge in [-0.3, -0.25) is 0 Å². The summed E-state index contributed by atoms with van der Waals surface area (Å²) in [5.74, 6) is 0. The van der Waals surface area contributed by atoms with Crippen LogP contribution in [-0.4, -0.2) is 11.1 Å². The SMILES string of the molecule is CCC1Nc2ccccc2N1c1ccc(-c2ccc(N)c(-c3ccccc3-c3ccccc3-c3cc(-c4ccccc4)nc(-c4ccccc4)c3)c2)c(N)c1. The minimum atomic E-state index is 0.159. The Morgan fingerprint density at radius 2 is 1.04 bits per heavy atom. The van der Waals surface area contributed by atoms with Gasteiger partial charge in [0.15, 0.2) is 0 Å². The monoisotopic (exact) mass is 711 g/mol. The van der Waals surface area contributed by atoms with E-state index in [4.69, 9.17) is 16.5 Å². The number of nitrogens with two attached hydrogens (primary N) is 2. The maximum absolute atomic E-state index is 6.88. The number of nitrogens with zero attached hydrogens (tertiary/aromatic N) is 2. The molecule has 5 nitrogen and oxygen atoms in total. The van der Waals surface area contributed by atoms with Crippen LogP contribution in [0.1, 0.15) is 13.3 Å². The molecule has 0 aliphatic carbocycles. The summed E-state index contributed by atoms with van der Waals surface area (Å²) in [5.41, 5.74) is 30.9. The molecule has 0 fully saturated rings. The van der Waals surface area contributed by atoms with Gasteiger partial charge in [0.2, 0.25) is 0 Å². The summed E-state index contributed by atoms with van der Waals surface area (Å²) in [6, 6.07) is 63.3. The van der Waals surface area contributed by atoms with Crippen LogP contribution in [-0.2, 0) is 0 Å². The Bertz CT molecular complexity index is 2590. The minimum absolute atomic E-state index is 0.159. The predicted octanol–water partition coefficient (Wildman–Crippen LogP) is 12.5. The lowest BCUT2D eigenvalue weighted by atomic mass is 9.87. The van der Waals surface area contributed by atoms with Crippen molar-refractivity contribution in [1.82, 2.24) is 4.98 Å². The third-order valence-electron chi connectivity index (χ3n) is 10.6. The molecule has 1 aliphatic heterocycles. The van der Waals surface area contributed by atoms with Gasteiger partial charge in [0.05, 0.1) is 22.8 Å². The molecule has 1 aromatic heterocycles. The van der Waals surface area contributed by atoms with Crippen molar-refractivity contribution in [3.05, 3.63) is 182 Å². The van der Waals surface area contributed by atoms with Gasteiger partial charge in [-0.05, 0) is 88.3 Å². The highest BCUT2D eigenvalue weighted by Crippen LogP contribution is 2.45. The Hall–Kier alpha value is -7.11. The Kier molecular flexibility index (Phi) is 8.81. The second-order valence-electron chi connectivity index (χ2n) is 14.0. The molecular weight excluding hydrogens is 671 g/mol. The molecule has 0 spiro atoms. The van der Waals surface area contributed by atoms with E-state index in [1.54, 1.807) is 0 Å². The zero-order valence-electron chi connectivity index (χ0n) is 30.7. The lowest BCUT2D eigenvalue weighted by Crippen LogP contribution is -2.30. The van der Waals surface area contributed by atoms with Gasteiger partial charge >= 0.3 is 0 Å². The Labute approximate surface area is 322 Å². The van der Waals surface area contributed by atoms with E-state index in [2.05, 4.69) is 181 Å². The fraction of sp³-hybridized carbons (Fsp3) is 0.0600.